The van der Waals surface area contributed by atoms with Crippen molar-refractivity contribution in [3.63, 3.8) is 0 Å². The molecule has 72 heavy (non-hydrogen) atoms. The number of aromatic nitrogens is 1. The molecular formula is C70H48N2. The van der Waals surface area contributed by atoms with Gasteiger partial charge in [-0.25, -0.2) is 0 Å². The number of hydrogen-bond acceptors (Lipinski definition) is 1. The lowest BCUT2D eigenvalue weighted by Gasteiger charge is -2.30. The Hall–Kier alpha value is -9.50. The number of rotatable bonds is 10. The van der Waals surface area contributed by atoms with Crippen LogP contribution in [0.15, 0.2) is 291 Å². The van der Waals surface area contributed by atoms with Gasteiger partial charge in [0.15, 0.2) is 0 Å². The first kappa shape index (κ1) is 42.6. The van der Waals surface area contributed by atoms with Crippen LogP contribution < -0.4 is 4.90 Å². The number of benzene rings is 12. The predicted octanol–water partition coefficient (Wildman–Crippen LogP) is 19.4. The normalized spacial score (nSPS) is 11.3. The quantitative estimate of drug-likeness (QED) is 0.133. The average molecular weight is 917 g/mol. The summed E-state index contributed by atoms with van der Waals surface area (Å²) in [6.07, 6.45) is 0. The molecule has 0 aliphatic rings. The molecule has 0 unspecified atom stereocenters. The van der Waals surface area contributed by atoms with Crippen LogP contribution in [0.2, 0.25) is 0 Å². The number of para-hydroxylation sites is 2. The van der Waals surface area contributed by atoms with Crippen LogP contribution in [0.3, 0.4) is 0 Å². The second kappa shape index (κ2) is 18.4. The van der Waals surface area contributed by atoms with E-state index in [1.807, 2.05) is 0 Å². The molecule has 13 aromatic rings. The van der Waals surface area contributed by atoms with E-state index in [0.29, 0.717) is 0 Å². The van der Waals surface area contributed by atoms with Crippen molar-refractivity contribution in [2.45, 2.75) is 0 Å². The molecule has 338 valence electrons. The highest BCUT2D eigenvalue weighted by molar-refractivity contribution is 6.10. The summed E-state index contributed by atoms with van der Waals surface area (Å²) in [5.74, 6) is 0. The van der Waals surface area contributed by atoms with E-state index in [1.165, 1.54) is 88.2 Å². The van der Waals surface area contributed by atoms with E-state index in [-0.39, 0.29) is 0 Å². The highest BCUT2D eigenvalue weighted by atomic mass is 15.1. The van der Waals surface area contributed by atoms with Crippen LogP contribution >= 0.6 is 0 Å². The smallest absolute Gasteiger partial charge is 0.0546 e. The maximum atomic E-state index is 2.44. The topological polar surface area (TPSA) is 8.17 Å². The Morgan fingerprint density at radius 3 is 1.38 bits per heavy atom. The lowest BCUT2D eigenvalue weighted by molar-refractivity contribution is 1.18. The molecule has 0 aliphatic carbocycles. The second-order valence-corrected chi connectivity index (χ2v) is 18.5. The molecule has 2 heteroatoms. The summed E-state index contributed by atoms with van der Waals surface area (Å²) in [5, 5.41) is 4.98. The monoisotopic (exact) mass is 916 g/mol. The standard InChI is InChI=1S/C70H48N2/c1-4-18-54(19-5-1)62-25-12-13-27-65(62)70-63(55-20-6-2-7-21-55)28-16-30-69(70)71(60-42-37-51(38-43-60)50-31-33-52(34-32-50)57-36-35-49-17-10-11-22-56(49)47-57)61-44-39-53(40-45-61)58-41-46-68-66(48-58)64-26-14-15-29-67(64)72(68)59-23-8-3-9-24-59/h1-48H. The van der Waals surface area contributed by atoms with Crippen LogP contribution in [0, 0.1) is 0 Å². The Morgan fingerprint density at radius 2 is 0.708 bits per heavy atom. The van der Waals surface area contributed by atoms with E-state index in [2.05, 4.69) is 301 Å². The molecule has 0 atom stereocenters. The van der Waals surface area contributed by atoms with Gasteiger partial charge in [-0.05, 0) is 139 Å². The zero-order chi connectivity index (χ0) is 47.8. The number of nitrogens with zero attached hydrogens (tertiary/aromatic N) is 2. The van der Waals surface area contributed by atoms with Crippen molar-refractivity contribution in [2.24, 2.45) is 0 Å². The fraction of sp³-hybridized carbons (Fsp3) is 0. The summed E-state index contributed by atoms with van der Waals surface area (Å²) in [4.78, 5) is 2.44. The number of fused-ring (bicyclic) bond motifs is 4. The van der Waals surface area contributed by atoms with Gasteiger partial charge in [0.25, 0.3) is 0 Å². The Balaban J connectivity index is 0.942. The van der Waals surface area contributed by atoms with Crippen LogP contribution in [0.1, 0.15) is 0 Å². The van der Waals surface area contributed by atoms with Crippen LogP contribution in [0.5, 0.6) is 0 Å². The highest BCUT2D eigenvalue weighted by Gasteiger charge is 2.23. The van der Waals surface area contributed by atoms with Gasteiger partial charge in [-0.2, -0.15) is 0 Å². The van der Waals surface area contributed by atoms with Gasteiger partial charge in [0.05, 0.1) is 16.7 Å². The Bertz CT molecular complexity index is 4040. The van der Waals surface area contributed by atoms with E-state index in [9.17, 15) is 0 Å². The zero-order valence-electron chi connectivity index (χ0n) is 39.6. The van der Waals surface area contributed by atoms with Gasteiger partial charge in [-0.1, -0.05) is 224 Å². The molecule has 0 saturated carbocycles. The molecule has 0 amide bonds. The molecule has 1 aromatic heterocycles. The summed E-state index contributed by atoms with van der Waals surface area (Å²) in [5.41, 5.74) is 20.9. The van der Waals surface area contributed by atoms with Crippen molar-refractivity contribution in [2.75, 3.05) is 4.90 Å². The van der Waals surface area contributed by atoms with Crippen molar-refractivity contribution in [3.8, 4) is 72.4 Å². The lowest BCUT2D eigenvalue weighted by atomic mass is 9.87. The fourth-order valence-corrected chi connectivity index (χ4v) is 10.7. The molecule has 2 nitrogen and oxygen atoms in total. The molecule has 0 bridgehead atoms. The molecular weight excluding hydrogens is 869 g/mol. The van der Waals surface area contributed by atoms with Crippen LogP contribution in [0.25, 0.3) is 105 Å². The molecule has 13 rings (SSSR count). The Labute approximate surface area is 420 Å². The maximum Gasteiger partial charge on any atom is 0.0546 e. The Morgan fingerprint density at radius 1 is 0.250 bits per heavy atom. The van der Waals surface area contributed by atoms with Gasteiger partial charge >= 0.3 is 0 Å². The first-order valence-corrected chi connectivity index (χ1v) is 24.7. The SMILES string of the molecule is c1ccc(-c2ccccc2-c2c(-c3ccccc3)cccc2N(c2ccc(-c3ccc(-c4ccc5ccccc5c4)cc3)cc2)c2ccc(-c3ccc4c(c3)c3ccccc3n4-c3ccccc3)cc2)cc1. The maximum absolute atomic E-state index is 2.44. The second-order valence-electron chi connectivity index (χ2n) is 18.5. The van der Waals surface area contributed by atoms with Crippen molar-refractivity contribution < 1.29 is 0 Å². The van der Waals surface area contributed by atoms with Gasteiger partial charge in [0.1, 0.15) is 0 Å². The van der Waals surface area contributed by atoms with E-state index < -0.39 is 0 Å². The largest absolute Gasteiger partial charge is 0.310 e. The molecule has 1 heterocycles. The van der Waals surface area contributed by atoms with Crippen molar-refractivity contribution in [3.05, 3.63) is 291 Å². The van der Waals surface area contributed by atoms with Crippen molar-refractivity contribution >= 4 is 49.6 Å². The summed E-state index contributed by atoms with van der Waals surface area (Å²) in [6.45, 7) is 0. The molecule has 0 aliphatic heterocycles. The molecule has 0 saturated heterocycles. The van der Waals surface area contributed by atoms with Gasteiger partial charge in [-0.15, -0.1) is 0 Å². The number of anilines is 3. The van der Waals surface area contributed by atoms with Gasteiger partial charge < -0.3 is 9.47 Å². The van der Waals surface area contributed by atoms with E-state index >= 15 is 0 Å². The predicted molar refractivity (Wildman–Crippen MR) is 306 cm³/mol. The summed E-state index contributed by atoms with van der Waals surface area (Å²) < 4.78 is 2.37. The zero-order valence-corrected chi connectivity index (χ0v) is 39.6. The van der Waals surface area contributed by atoms with Crippen LogP contribution in [-0.4, -0.2) is 4.57 Å². The van der Waals surface area contributed by atoms with Crippen molar-refractivity contribution in [1.29, 1.82) is 0 Å². The minimum atomic E-state index is 1.07. The van der Waals surface area contributed by atoms with Crippen molar-refractivity contribution in [1.82, 2.24) is 4.57 Å². The minimum Gasteiger partial charge on any atom is -0.310 e. The molecule has 0 spiro atoms. The minimum absolute atomic E-state index is 1.07. The van der Waals surface area contributed by atoms with Crippen LogP contribution in [0.4, 0.5) is 17.1 Å². The lowest BCUT2D eigenvalue weighted by Crippen LogP contribution is -2.12. The molecule has 0 fully saturated rings. The molecule has 0 radical (unpaired) electrons. The first-order valence-electron chi connectivity index (χ1n) is 24.7. The first-order chi connectivity index (χ1) is 35.7. The van der Waals surface area contributed by atoms with E-state index in [1.54, 1.807) is 0 Å². The summed E-state index contributed by atoms with van der Waals surface area (Å²) in [7, 11) is 0. The van der Waals surface area contributed by atoms with Gasteiger partial charge in [0.2, 0.25) is 0 Å². The third-order valence-corrected chi connectivity index (χ3v) is 14.2. The average Bonchev–Trinajstić information content (AvgIpc) is 3.80. The number of hydrogen-bond donors (Lipinski definition) is 0. The summed E-state index contributed by atoms with van der Waals surface area (Å²) >= 11 is 0. The van der Waals surface area contributed by atoms with E-state index in [0.717, 1.165) is 33.9 Å². The summed E-state index contributed by atoms with van der Waals surface area (Å²) in [6, 6.07) is 106. The third kappa shape index (κ3) is 7.82. The van der Waals surface area contributed by atoms with Crippen LogP contribution in [-0.2, 0) is 0 Å². The Kier molecular flexibility index (Phi) is 10.9. The molecule has 0 N–H and O–H groups in total. The fourth-order valence-electron chi connectivity index (χ4n) is 10.7. The van der Waals surface area contributed by atoms with E-state index in [4.69, 9.17) is 0 Å². The molecule has 12 aromatic carbocycles. The highest BCUT2D eigenvalue weighted by Crippen LogP contribution is 2.48. The van der Waals surface area contributed by atoms with Gasteiger partial charge in [-0.3, -0.25) is 0 Å². The third-order valence-electron chi connectivity index (χ3n) is 14.2. The van der Waals surface area contributed by atoms with Gasteiger partial charge in [0, 0.05) is 33.4 Å².